The number of pyridine rings is 1. The van der Waals surface area contributed by atoms with E-state index in [0.717, 1.165) is 55.7 Å². The zero-order valence-electron chi connectivity index (χ0n) is 17.0. The van der Waals surface area contributed by atoms with E-state index in [4.69, 9.17) is 9.47 Å². The maximum absolute atomic E-state index is 5.56. The molecule has 0 fully saturated rings. The number of benzene rings is 1. The fourth-order valence-electron chi connectivity index (χ4n) is 2.58. The molecule has 0 saturated heterocycles. The summed E-state index contributed by atoms with van der Waals surface area (Å²) in [4.78, 5) is 8.90. The van der Waals surface area contributed by atoms with Gasteiger partial charge in [0.15, 0.2) is 17.5 Å². The number of unbranched alkanes of at least 4 members (excludes halogenated alkanes) is 1. The van der Waals surface area contributed by atoms with Gasteiger partial charge in [-0.1, -0.05) is 6.07 Å². The van der Waals surface area contributed by atoms with Crippen LogP contribution in [0.3, 0.4) is 0 Å². The molecule has 3 N–H and O–H groups in total. The van der Waals surface area contributed by atoms with E-state index >= 15 is 0 Å². The van der Waals surface area contributed by atoms with Gasteiger partial charge in [0.25, 0.3) is 0 Å². The fourth-order valence-corrected chi connectivity index (χ4v) is 2.58. The molecule has 1 heterocycles. The zero-order chi connectivity index (χ0) is 20.0. The molecule has 0 unspecified atom stereocenters. The van der Waals surface area contributed by atoms with Gasteiger partial charge in [0.05, 0.1) is 13.7 Å². The molecule has 2 aromatic rings. The van der Waals surface area contributed by atoms with E-state index in [1.165, 1.54) is 0 Å². The molecule has 0 atom stereocenters. The highest BCUT2D eigenvalue weighted by Gasteiger charge is 2.06. The lowest BCUT2D eigenvalue weighted by molar-refractivity contribution is 0.311. The van der Waals surface area contributed by atoms with E-state index < -0.39 is 0 Å². The Morgan fingerprint density at radius 1 is 1.11 bits per heavy atom. The van der Waals surface area contributed by atoms with Crippen LogP contribution < -0.4 is 25.4 Å². The van der Waals surface area contributed by atoms with Crippen molar-refractivity contribution in [2.45, 2.75) is 26.7 Å². The zero-order valence-corrected chi connectivity index (χ0v) is 17.0. The summed E-state index contributed by atoms with van der Waals surface area (Å²) in [5, 5.41) is 9.89. The molecule has 0 amide bonds. The van der Waals surface area contributed by atoms with Crippen molar-refractivity contribution in [3.05, 3.63) is 42.6 Å². The highest BCUT2D eigenvalue weighted by molar-refractivity contribution is 5.93. The number of methoxy groups -OCH3 is 1. The largest absolute Gasteiger partial charge is 0.493 e. The summed E-state index contributed by atoms with van der Waals surface area (Å²) in [5.74, 6) is 3.10. The van der Waals surface area contributed by atoms with Gasteiger partial charge in [-0.2, -0.15) is 0 Å². The van der Waals surface area contributed by atoms with E-state index in [1.54, 1.807) is 13.3 Å². The molecule has 1 aromatic carbocycles. The number of nitrogens with one attached hydrogen (secondary N) is 3. The molecule has 0 aliphatic rings. The molecule has 0 bridgehead atoms. The number of rotatable bonds is 11. The standard InChI is InChI=1S/C21H31N5O2/c1-4-22-21(25-15-9-8-14-24-20-10-6-7-13-23-20)26-17-11-12-18(28-5-2)19(16-17)27-3/h6-7,10-13,16H,4-5,8-9,14-15H2,1-3H3,(H,23,24)(H2,22,25,26). The van der Waals surface area contributed by atoms with Crippen LogP contribution in [0.25, 0.3) is 0 Å². The molecule has 0 aliphatic heterocycles. The Labute approximate surface area is 167 Å². The van der Waals surface area contributed by atoms with Gasteiger partial charge in [-0.15, -0.1) is 0 Å². The lowest BCUT2D eigenvalue weighted by Gasteiger charge is -2.14. The van der Waals surface area contributed by atoms with Crippen LogP contribution in [-0.4, -0.2) is 44.3 Å². The number of aliphatic imine (C=N–C) groups is 1. The van der Waals surface area contributed by atoms with E-state index in [-0.39, 0.29) is 0 Å². The van der Waals surface area contributed by atoms with Gasteiger partial charge >= 0.3 is 0 Å². The van der Waals surface area contributed by atoms with Crippen LogP contribution in [-0.2, 0) is 0 Å². The number of hydrogen-bond donors (Lipinski definition) is 3. The van der Waals surface area contributed by atoms with E-state index in [1.807, 2.05) is 50.2 Å². The second kappa shape index (κ2) is 12.4. The lowest BCUT2D eigenvalue weighted by atomic mass is 10.2. The van der Waals surface area contributed by atoms with Crippen molar-refractivity contribution in [1.82, 2.24) is 10.3 Å². The smallest absolute Gasteiger partial charge is 0.195 e. The van der Waals surface area contributed by atoms with Gasteiger partial charge in [-0.05, 0) is 51.0 Å². The number of aromatic nitrogens is 1. The van der Waals surface area contributed by atoms with Crippen LogP contribution in [0.15, 0.2) is 47.6 Å². The Balaban J connectivity index is 1.82. The van der Waals surface area contributed by atoms with Gasteiger partial charge < -0.3 is 25.4 Å². The second-order valence-corrected chi connectivity index (χ2v) is 6.03. The third-order valence-corrected chi connectivity index (χ3v) is 3.90. The fraction of sp³-hybridized carbons (Fsp3) is 0.429. The average molecular weight is 386 g/mol. The van der Waals surface area contributed by atoms with Crippen molar-refractivity contribution < 1.29 is 9.47 Å². The normalized spacial score (nSPS) is 11.0. The van der Waals surface area contributed by atoms with E-state index in [0.29, 0.717) is 12.4 Å². The van der Waals surface area contributed by atoms with Crippen LogP contribution in [0.5, 0.6) is 11.5 Å². The first kappa shape index (κ1) is 21.3. The predicted molar refractivity (Wildman–Crippen MR) is 116 cm³/mol. The maximum Gasteiger partial charge on any atom is 0.195 e. The minimum Gasteiger partial charge on any atom is -0.493 e. The molecule has 7 nitrogen and oxygen atoms in total. The molecule has 7 heteroatoms. The lowest BCUT2D eigenvalue weighted by Crippen LogP contribution is -2.30. The van der Waals surface area contributed by atoms with Crippen LogP contribution in [0, 0.1) is 0 Å². The van der Waals surface area contributed by atoms with Crippen molar-refractivity contribution >= 4 is 17.5 Å². The highest BCUT2D eigenvalue weighted by atomic mass is 16.5. The van der Waals surface area contributed by atoms with E-state index in [9.17, 15) is 0 Å². The number of nitrogens with zero attached hydrogens (tertiary/aromatic N) is 2. The Hall–Kier alpha value is -2.96. The summed E-state index contributed by atoms with van der Waals surface area (Å²) in [6.07, 6.45) is 3.80. The molecule has 0 aliphatic carbocycles. The Kier molecular flexibility index (Phi) is 9.47. The van der Waals surface area contributed by atoms with Crippen molar-refractivity contribution in [1.29, 1.82) is 0 Å². The summed E-state index contributed by atoms with van der Waals surface area (Å²) in [6.45, 7) is 7.02. The van der Waals surface area contributed by atoms with Crippen molar-refractivity contribution in [2.75, 3.05) is 44.0 Å². The van der Waals surface area contributed by atoms with E-state index in [2.05, 4.69) is 25.9 Å². The SMILES string of the molecule is CCNC(=NCCCCNc1ccccn1)Nc1ccc(OCC)c(OC)c1. The topological polar surface area (TPSA) is 79.8 Å². The molecule has 0 radical (unpaired) electrons. The van der Waals surface area contributed by atoms with Crippen LogP contribution in [0.2, 0.25) is 0 Å². The molecule has 152 valence electrons. The highest BCUT2D eigenvalue weighted by Crippen LogP contribution is 2.30. The molecule has 0 saturated carbocycles. The van der Waals surface area contributed by atoms with Gasteiger partial charge in [0.1, 0.15) is 5.82 Å². The molecular weight excluding hydrogens is 354 g/mol. The molecule has 2 rings (SSSR count). The first-order chi connectivity index (χ1) is 13.8. The number of hydrogen-bond acceptors (Lipinski definition) is 5. The monoisotopic (exact) mass is 385 g/mol. The first-order valence-electron chi connectivity index (χ1n) is 9.77. The summed E-state index contributed by atoms with van der Waals surface area (Å²) >= 11 is 0. The second-order valence-electron chi connectivity index (χ2n) is 6.03. The Morgan fingerprint density at radius 3 is 2.71 bits per heavy atom. The minimum atomic E-state index is 0.600. The number of anilines is 2. The third-order valence-electron chi connectivity index (χ3n) is 3.90. The van der Waals surface area contributed by atoms with Gasteiger partial charge in [0.2, 0.25) is 0 Å². The van der Waals surface area contributed by atoms with Gasteiger partial charge in [-0.25, -0.2) is 4.98 Å². The Bertz CT molecular complexity index is 722. The molecular formula is C21H31N5O2. The molecule has 1 aromatic heterocycles. The van der Waals surface area contributed by atoms with Crippen LogP contribution in [0.4, 0.5) is 11.5 Å². The summed E-state index contributed by atoms with van der Waals surface area (Å²) in [5.41, 5.74) is 0.900. The summed E-state index contributed by atoms with van der Waals surface area (Å²) in [7, 11) is 1.64. The van der Waals surface area contributed by atoms with Crippen LogP contribution in [0.1, 0.15) is 26.7 Å². The number of ether oxygens (including phenoxy) is 2. The third kappa shape index (κ3) is 7.34. The predicted octanol–water partition coefficient (Wildman–Crippen LogP) is 3.76. The minimum absolute atomic E-state index is 0.600. The molecule has 0 spiro atoms. The summed E-state index contributed by atoms with van der Waals surface area (Å²) < 4.78 is 11.0. The number of guanidine groups is 1. The quantitative estimate of drug-likeness (QED) is 0.310. The van der Waals surface area contributed by atoms with Gasteiger partial charge in [-0.3, -0.25) is 4.99 Å². The van der Waals surface area contributed by atoms with Crippen molar-refractivity contribution in [3.63, 3.8) is 0 Å². The first-order valence-corrected chi connectivity index (χ1v) is 9.77. The summed E-state index contributed by atoms with van der Waals surface area (Å²) in [6, 6.07) is 11.6. The maximum atomic E-state index is 5.56. The average Bonchev–Trinajstić information content (AvgIpc) is 2.72. The van der Waals surface area contributed by atoms with Crippen LogP contribution >= 0.6 is 0 Å². The Morgan fingerprint density at radius 2 is 2.00 bits per heavy atom. The van der Waals surface area contributed by atoms with Gasteiger partial charge in [0, 0.05) is 37.6 Å². The molecule has 28 heavy (non-hydrogen) atoms. The van der Waals surface area contributed by atoms with Crippen molar-refractivity contribution in [3.8, 4) is 11.5 Å². The van der Waals surface area contributed by atoms with Crippen molar-refractivity contribution in [2.24, 2.45) is 4.99 Å².